The van der Waals surface area contributed by atoms with Crippen LogP contribution in [0.4, 0.5) is 0 Å². The molecule has 1 N–H and O–H groups in total. The van der Waals surface area contributed by atoms with Crippen molar-refractivity contribution in [2.45, 2.75) is 25.8 Å². The number of benzene rings is 1. The number of carbonyl (C=O) groups is 1. The molecule has 3 rings (SSSR count). The van der Waals surface area contributed by atoms with Gasteiger partial charge in [0.1, 0.15) is 0 Å². The Kier molecular flexibility index (Phi) is 4.83. The maximum atomic E-state index is 12.0. The lowest BCUT2D eigenvalue weighted by Gasteiger charge is -2.11. The first-order valence-electron chi connectivity index (χ1n) is 7.43. The highest BCUT2D eigenvalue weighted by Crippen LogP contribution is 2.18. The maximum absolute atomic E-state index is 12.0. The Morgan fingerprint density at radius 3 is 2.83 bits per heavy atom. The highest BCUT2D eigenvalue weighted by atomic mass is 32.1. The topological polar surface area (TPSA) is 68.0 Å². The molecule has 3 aromatic rings. The second-order valence-corrected chi connectivity index (χ2v) is 6.16. The zero-order valence-electron chi connectivity index (χ0n) is 12.7. The summed E-state index contributed by atoms with van der Waals surface area (Å²) in [6.07, 6.45) is 0.759. The van der Waals surface area contributed by atoms with Gasteiger partial charge < -0.3 is 9.84 Å². The number of nitrogens with zero attached hydrogens (tertiary/aromatic N) is 2. The zero-order valence-corrected chi connectivity index (χ0v) is 13.5. The third-order valence-electron chi connectivity index (χ3n) is 3.41. The van der Waals surface area contributed by atoms with Crippen LogP contribution in [0.1, 0.15) is 30.2 Å². The number of aryl methyl sites for hydroxylation is 1. The van der Waals surface area contributed by atoms with Crippen LogP contribution < -0.4 is 5.32 Å². The molecule has 0 aliphatic carbocycles. The number of thiophene rings is 1. The van der Waals surface area contributed by atoms with Crippen LogP contribution in [0.15, 0.2) is 52.4 Å². The van der Waals surface area contributed by atoms with Crippen LogP contribution in [0.3, 0.4) is 0 Å². The van der Waals surface area contributed by atoms with Crippen molar-refractivity contribution in [3.05, 3.63) is 58.6 Å². The summed E-state index contributed by atoms with van der Waals surface area (Å²) in [6.45, 7) is 1.98. The molecule has 1 atom stereocenters. The molecule has 0 bridgehead atoms. The van der Waals surface area contributed by atoms with Gasteiger partial charge in [0.05, 0.1) is 6.04 Å². The quantitative estimate of drug-likeness (QED) is 0.751. The van der Waals surface area contributed by atoms with Crippen LogP contribution >= 0.6 is 11.3 Å². The van der Waals surface area contributed by atoms with Crippen molar-refractivity contribution in [3.8, 4) is 11.4 Å². The van der Waals surface area contributed by atoms with Crippen molar-refractivity contribution < 1.29 is 9.32 Å². The van der Waals surface area contributed by atoms with E-state index in [0.717, 1.165) is 10.4 Å². The molecule has 5 nitrogen and oxygen atoms in total. The van der Waals surface area contributed by atoms with Crippen LogP contribution in [0.25, 0.3) is 11.4 Å². The summed E-state index contributed by atoms with van der Waals surface area (Å²) in [7, 11) is 0. The fourth-order valence-corrected chi connectivity index (χ4v) is 2.94. The molecule has 1 amide bonds. The summed E-state index contributed by atoms with van der Waals surface area (Å²) in [5.74, 6) is 1.00. The first kappa shape index (κ1) is 15.4. The lowest BCUT2D eigenvalue weighted by atomic mass is 10.2. The Balaban J connectivity index is 1.52. The van der Waals surface area contributed by atoms with Crippen molar-refractivity contribution in [2.75, 3.05) is 0 Å². The van der Waals surface area contributed by atoms with E-state index in [1.54, 1.807) is 11.3 Å². The van der Waals surface area contributed by atoms with Crippen molar-refractivity contribution in [2.24, 2.45) is 0 Å². The summed E-state index contributed by atoms with van der Waals surface area (Å²) in [5, 5.41) is 8.92. The van der Waals surface area contributed by atoms with Crippen molar-refractivity contribution in [3.63, 3.8) is 0 Å². The molecule has 0 unspecified atom stereocenters. The first-order chi connectivity index (χ1) is 11.2. The number of nitrogens with one attached hydrogen (secondary N) is 1. The summed E-state index contributed by atoms with van der Waals surface area (Å²) >= 11 is 1.63. The number of amides is 1. The second kappa shape index (κ2) is 7.19. The van der Waals surface area contributed by atoms with Gasteiger partial charge in [-0.25, -0.2) is 0 Å². The second-order valence-electron chi connectivity index (χ2n) is 5.18. The molecule has 118 valence electrons. The van der Waals surface area contributed by atoms with Gasteiger partial charge in [0.15, 0.2) is 0 Å². The fourth-order valence-electron chi connectivity index (χ4n) is 2.20. The predicted molar refractivity (Wildman–Crippen MR) is 88.9 cm³/mol. The van der Waals surface area contributed by atoms with E-state index in [1.165, 1.54) is 0 Å². The van der Waals surface area contributed by atoms with E-state index < -0.39 is 0 Å². The van der Waals surface area contributed by atoms with Gasteiger partial charge in [-0.15, -0.1) is 11.3 Å². The number of carbonyl (C=O) groups excluding carboxylic acids is 1. The molecule has 0 aliphatic rings. The largest absolute Gasteiger partial charge is 0.349 e. The number of rotatable bonds is 6. The van der Waals surface area contributed by atoms with E-state index in [-0.39, 0.29) is 11.9 Å². The van der Waals surface area contributed by atoms with E-state index >= 15 is 0 Å². The Bertz CT molecular complexity index is 753. The minimum absolute atomic E-state index is 0.0186. The molecule has 0 radical (unpaired) electrons. The van der Waals surface area contributed by atoms with Gasteiger partial charge in [0, 0.05) is 23.3 Å². The summed E-state index contributed by atoms with van der Waals surface area (Å²) in [4.78, 5) is 17.5. The number of hydrogen-bond acceptors (Lipinski definition) is 5. The van der Waals surface area contributed by atoms with Crippen molar-refractivity contribution in [1.29, 1.82) is 0 Å². The van der Waals surface area contributed by atoms with E-state index in [2.05, 4.69) is 15.5 Å². The maximum Gasteiger partial charge on any atom is 0.227 e. The highest BCUT2D eigenvalue weighted by Gasteiger charge is 2.13. The molecule has 0 saturated carbocycles. The molecule has 23 heavy (non-hydrogen) atoms. The zero-order chi connectivity index (χ0) is 16.1. The van der Waals surface area contributed by atoms with E-state index in [4.69, 9.17) is 4.52 Å². The standard InChI is InChI=1S/C17H17N3O2S/c1-12(14-8-5-11-23-14)18-15(21)9-10-16-19-17(20-22-16)13-6-3-2-4-7-13/h2-8,11-12H,9-10H2,1H3,(H,18,21)/t12-/m0/s1. The molecule has 6 heteroatoms. The average molecular weight is 327 g/mol. The van der Waals surface area contributed by atoms with E-state index in [0.29, 0.717) is 24.6 Å². The number of hydrogen-bond donors (Lipinski definition) is 1. The van der Waals surface area contributed by atoms with Crippen molar-refractivity contribution >= 4 is 17.2 Å². The van der Waals surface area contributed by atoms with Gasteiger partial charge >= 0.3 is 0 Å². The van der Waals surface area contributed by atoms with Gasteiger partial charge in [0.25, 0.3) is 0 Å². The Morgan fingerprint density at radius 1 is 1.26 bits per heavy atom. The highest BCUT2D eigenvalue weighted by molar-refractivity contribution is 7.10. The summed E-state index contributed by atoms with van der Waals surface area (Å²) in [6, 6.07) is 13.6. The third-order valence-corrected chi connectivity index (χ3v) is 4.47. The molecule has 1 aromatic carbocycles. The van der Waals surface area contributed by atoms with Gasteiger partial charge in [0.2, 0.25) is 17.6 Å². The van der Waals surface area contributed by atoms with Crippen LogP contribution in [-0.2, 0) is 11.2 Å². The molecular formula is C17H17N3O2S. The summed E-state index contributed by atoms with van der Waals surface area (Å²) < 4.78 is 5.21. The van der Waals surface area contributed by atoms with E-state index in [1.807, 2.05) is 54.8 Å². The van der Waals surface area contributed by atoms with Crippen LogP contribution in [0, 0.1) is 0 Å². The van der Waals surface area contributed by atoms with Gasteiger partial charge in [-0.2, -0.15) is 4.98 Å². The van der Waals surface area contributed by atoms with Crippen LogP contribution in [-0.4, -0.2) is 16.0 Å². The molecule has 2 heterocycles. The lowest BCUT2D eigenvalue weighted by Crippen LogP contribution is -2.26. The third kappa shape index (κ3) is 4.04. The minimum atomic E-state index is -0.0228. The van der Waals surface area contributed by atoms with Gasteiger partial charge in [-0.05, 0) is 18.4 Å². The van der Waals surface area contributed by atoms with Crippen LogP contribution in [0.2, 0.25) is 0 Å². The predicted octanol–water partition coefficient (Wildman–Crippen LogP) is 3.61. The Hall–Kier alpha value is -2.47. The SMILES string of the molecule is C[C@H](NC(=O)CCc1nc(-c2ccccc2)no1)c1cccs1. The van der Waals surface area contributed by atoms with Crippen LogP contribution in [0.5, 0.6) is 0 Å². The molecule has 0 fully saturated rings. The lowest BCUT2D eigenvalue weighted by molar-refractivity contribution is -0.121. The monoisotopic (exact) mass is 327 g/mol. The fraction of sp³-hybridized carbons (Fsp3) is 0.235. The molecular weight excluding hydrogens is 310 g/mol. The Labute approximate surface area is 138 Å². The minimum Gasteiger partial charge on any atom is -0.349 e. The smallest absolute Gasteiger partial charge is 0.227 e. The van der Waals surface area contributed by atoms with Crippen molar-refractivity contribution in [1.82, 2.24) is 15.5 Å². The first-order valence-corrected chi connectivity index (χ1v) is 8.31. The summed E-state index contributed by atoms with van der Waals surface area (Å²) in [5.41, 5.74) is 0.901. The molecule has 2 aromatic heterocycles. The molecule has 0 saturated heterocycles. The Morgan fingerprint density at radius 2 is 2.09 bits per heavy atom. The number of aromatic nitrogens is 2. The normalized spacial score (nSPS) is 12.0. The molecule has 0 aliphatic heterocycles. The molecule has 0 spiro atoms. The van der Waals surface area contributed by atoms with E-state index in [9.17, 15) is 4.79 Å². The van der Waals surface area contributed by atoms with Gasteiger partial charge in [-0.1, -0.05) is 41.6 Å². The average Bonchev–Trinajstić information content (AvgIpc) is 3.25. The van der Waals surface area contributed by atoms with Gasteiger partial charge in [-0.3, -0.25) is 4.79 Å².